The van der Waals surface area contributed by atoms with Crippen molar-refractivity contribution in [1.29, 1.82) is 0 Å². The van der Waals surface area contributed by atoms with Gasteiger partial charge >= 0.3 is 0 Å². The first kappa shape index (κ1) is 24.3. The van der Waals surface area contributed by atoms with Crippen LogP contribution in [0.5, 0.6) is 0 Å². The molecule has 0 heterocycles. The Morgan fingerprint density at radius 2 is 1.56 bits per heavy atom. The zero-order valence-electron chi connectivity index (χ0n) is 14.8. The number of halogens is 1. The van der Waals surface area contributed by atoms with Gasteiger partial charge < -0.3 is 4.90 Å². The Labute approximate surface area is 161 Å². The van der Waals surface area contributed by atoms with Gasteiger partial charge in [-0.15, -0.1) is 24.2 Å². The third-order valence-corrected chi connectivity index (χ3v) is 5.37. The molecule has 11 heteroatoms. The molecule has 0 atom stereocenters. The van der Waals surface area contributed by atoms with Crippen LogP contribution in [-0.4, -0.2) is 59.6 Å². The highest BCUT2D eigenvalue weighted by Crippen LogP contribution is 2.31. The van der Waals surface area contributed by atoms with Crippen LogP contribution < -0.4 is 9.44 Å². The second-order valence-corrected chi connectivity index (χ2v) is 9.97. The Bertz CT molecular complexity index is 751. The molecule has 0 amide bonds. The average molecular weight is 432 g/mol. The van der Waals surface area contributed by atoms with Gasteiger partial charge in [-0.2, -0.15) is 0 Å². The number of hydrogen-bond donors (Lipinski definition) is 2. The Morgan fingerprint density at radius 3 is 2.04 bits per heavy atom. The highest BCUT2D eigenvalue weighted by atomic mass is 35.5. The number of anilines is 2. The van der Waals surface area contributed by atoms with Gasteiger partial charge in [0.25, 0.3) is 0 Å². The van der Waals surface area contributed by atoms with E-state index >= 15 is 0 Å². The zero-order valence-corrected chi connectivity index (χ0v) is 18.0. The molecule has 1 rings (SSSR count). The number of nitrogens with zero attached hydrogens (tertiary/aromatic N) is 1. The SMILES string of the molecule is CCN(CC)CCSc1cc(NS(C)(=O)=O)ccc1NS(C)(=O)=O.Cl. The van der Waals surface area contributed by atoms with E-state index in [-0.39, 0.29) is 12.4 Å². The van der Waals surface area contributed by atoms with Crippen LogP contribution in [0.4, 0.5) is 11.4 Å². The molecule has 0 aromatic heterocycles. The summed E-state index contributed by atoms with van der Waals surface area (Å²) in [6.45, 7) is 6.92. The van der Waals surface area contributed by atoms with Crippen LogP contribution >= 0.6 is 24.2 Å². The van der Waals surface area contributed by atoms with Gasteiger partial charge in [-0.05, 0) is 31.3 Å². The summed E-state index contributed by atoms with van der Waals surface area (Å²) < 4.78 is 50.6. The van der Waals surface area contributed by atoms with E-state index in [1.165, 1.54) is 17.8 Å². The lowest BCUT2D eigenvalue weighted by Crippen LogP contribution is -2.25. The number of nitrogens with one attached hydrogen (secondary N) is 2. The number of hydrogen-bond acceptors (Lipinski definition) is 6. The van der Waals surface area contributed by atoms with Gasteiger partial charge in [0, 0.05) is 22.9 Å². The fourth-order valence-electron chi connectivity index (χ4n) is 2.03. The Kier molecular flexibility index (Phi) is 10.2. The molecular weight excluding hydrogens is 406 g/mol. The zero-order chi connectivity index (χ0) is 18.4. The molecule has 7 nitrogen and oxygen atoms in total. The average Bonchev–Trinajstić information content (AvgIpc) is 2.43. The maximum Gasteiger partial charge on any atom is 0.229 e. The van der Waals surface area contributed by atoms with Crippen molar-refractivity contribution in [2.75, 3.05) is 47.3 Å². The molecule has 0 spiro atoms. The minimum absolute atomic E-state index is 0. The van der Waals surface area contributed by atoms with Crippen molar-refractivity contribution < 1.29 is 16.8 Å². The van der Waals surface area contributed by atoms with Crippen LogP contribution in [0.25, 0.3) is 0 Å². The summed E-state index contributed by atoms with van der Waals surface area (Å²) in [5.41, 5.74) is 0.850. The minimum Gasteiger partial charge on any atom is -0.303 e. The number of thioether (sulfide) groups is 1. The summed E-state index contributed by atoms with van der Waals surface area (Å²) in [6, 6.07) is 4.73. The van der Waals surface area contributed by atoms with E-state index < -0.39 is 20.0 Å². The largest absolute Gasteiger partial charge is 0.303 e. The molecule has 25 heavy (non-hydrogen) atoms. The fraction of sp³-hybridized carbons (Fsp3) is 0.571. The summed E-state index contributed by atoms with van der Waals surface area (Å²) in [5, 5.41) is 0. The molecule has 0 aliphatic heterocycles. The van der Waals surface area contributed by atoms with Crippen molar-refractivity contribution in [3.63, 3.8) is 0 Å². The maximum atomic E-state index is 11.5. The lowest BCUT2D eigenvalue weighted by molar-refractivity contribution is 0.324. The third kappa shape index (κ3) is 10.1. The van der Waals surface area contributed by atoms with Crippen LogP contribution in [0.1, 0.15) is 13.8 Å². The first-order valence-electron chi connectivity index (χ1n) is 7.49. The van der Waals surface area contributed by atoms with E-state index in [1.54, 1.807) is 12.1 Å². The summed E-state index contributed by atoms with van der Waals surface area (Å²) in [5.74, 6) is 0.766. The molecule has 0 saturated carbocycles. The standard InChI is InChI=1S/C14H25N3O4S3.ClH/c1-5-17(6-2)9-10-22-14-11-12(15-23(3,18)19)7-8-13(14)16-24(4,20)21;/h7-8,11,15-16H,5-6,9-10H2,1-4H3;1H. The summed E-state index contributed by atoms with van der Waals surface area (Å²) in [6.07, 6.45) is 2.16. The topological polar surface area (TPSA) is 95.6 Å². The van der Waals surface area contributed by atoms with E-state index in [0.29, 0.717) is 16.3 Å². The van der Waals surface area contributed by atoms with Crippen LogP contribution in [-0.2, 0) is 20.0 Å². The Balaban J connectivity index is 0.00000576. The maximum absolute atomic E-state index is 11.5. The molecule has 146 valence electrons. The highest BCUT2D eigenvalue weighted by molar-refractivity contribution is 7.99. The van der Waals surface area contributed by atoms with Crippen molar-refractivity contribution in [1.82, 2.24) is 4.90 Å². The van der Waals surface area contributed by atoms with E-state index in [4.69, 9.17) is 0 Å². The predicted molar refractivity (Wildman–Crippen MR) is 109 cm³/mol. The molecule has 0 bridgehead atoms. The summed E-state index contributed by atoms with van der Waals surface area (Å²) in [4.78, 5) is 2.94. The first-order chi connectivity index (χ1) is 11.0. The molecular formula is C14H26ClN3O4S3. The van der Waals surface area contributed by atoms with Crippen LogP contribution in [0.15, 0.2) is 23.1 Å². The molecule has 0 saturated heterocycles. The fourth-order valence-corrected chi connectivity index (χ4v) is 4.28. The molecule has 0 fully saturated rings. The number of rotatable bonds is 10. The van der Waals surface area contributed by atoms with Gasteiger partial charge in [0.1, 0.15) is 0 Å². The second-order valence-electron chi connectivity index (χ2n) is 5.33. The quantitative estimate of drug-likeness (QED) is 0.552. The molecule has 0 aliphatic carbocycles. The minimum atomic E-state index is -3.41. The van der Waals surface area contributed by atoms with Gasteiger partial charge in [0.15, 0.2) is 0 Å². The van der Waals surface area contributed by atoms with E-state index in [0.717, 1.165) is 37.9 Å². The summed E-state index contributed by atoms with van der Waals surface area (Å²) in [7, 11) is -6.80. The monoisotopic (exact) mass is 431 g/mol. The molecule has 0 unspecified atom stereocenters. The van der Waals surface area contributed by atoms with E-state index in [2.05, 4.69) is 28.2 Å². The highest BCUT2D eigenvalue weighted by Gasteiger charge is 2.11. The number of sulfonamides is 2. The van der Waals surface area contributed by atoms with Gasteiger partial charge in [0.2, 0.25) is 20.0 Å². The molecule has 0 radical (unpaired) electrons. The lowest BCUT2D eigenvalue weighted by Gasteiger charge is -2.18. The van der Waals surface area contributed by atoms with Gasteiger partial charge in [-0.1, -0.05) is 13.8 Å². The van der Waals surface area contributed by atoms with Crippen molar-refractivity contribution >= 4 is 55.6 Å². The summed E-state index contributed by atoms with van der Waals surface area (Å²) >= 11 is 1.48. The van der Waals surface area contributed by atoms with Gasteiger partial charge in [0.05, 0.1) is 18.2 Å². The molecule has 0 aliphatic rings. The Hall–Kier alpha value is -0.680. The lowest BCUT2D eigenvalue weighted by atomic mass is 10.3. The van der Waals surface area contributed by atoms with Crippen molar-refractivity contribution in [3.05, 3.63) is 18.2 Å². The second kappa shape index (κ2) is 10.5. The predicted octanol–water partition coefficient (Wildman–Crippen LogP) is 2.29. The smallest absolute Gasteiger partial charge is 0.229 e. The normalized spacial score (nSPS) is 11.9. The van der Waals surface area contributed by atoms with Gasteiger partial charge in [-0.25, -0.2) is 16.8 Å². The van der Waals surface area contributed by atoms with Crippen molar-refractivity contribution in [2.24, 2.45) is 0 Å². The van der Waals surface area contributed by atoms with Crippen LogP contribution in [0.3, 0.4) is 0 Å². The molecule has 1 aromatic rings. The first-order valence-corrected chi connectivity index (χ1v) is 12.3. The molecule has 1 aromatic carbocycles. The van der Waals surface area contributed by atoms with E-state index in [1.807, 2.05) is 0 Å². The third-order valence-electron chi connectivity index (χ3n) is 3.14. The number of benzene rings is 1. The van der Waals surface area contributed by atoms with Gasteiger partial charge in [-0.3, -0.25) is 9.44 Å². The van der Waals surface area contributed by atoms with Crippen LogP contribution in [0, 0.1) is 0 Å². The Morgan fingerprint density at radius 1 is 1.00 bits per heavy atom. The molecule has 2 N–H and O–H groups in total. The van der Waals surface area contributed by atoms with Crippen LogP contribution in [0.2, 0.25) is 0 Å². The van der Waals surface area contributed by atoms with Crippen molar-refractivity contribution in [3.8, 4) is 0 Å². The van der Waals surface area contributed by atoms with Crippen molar-refractivity contribution in [2.45, 2.75) is 18.7 Å². The van der Waals surface area contributed by atoms with E-state index in [9.17, 15) is 16.8 Å².